The van der Waals surface area contributed by atoms with Crippen LogP contribution in [-0.4, -0.2) is 29.6 Å². The molecule has 0 radical (unpaired) electrons. The van der Waals surface area contributed by atoms with E-state index in [-0.39, 0.29) is 17.1 Å². The van der Waals surface area contributed by atoms with Crippen molar-refractivity contribution < 1.29 is 14.3 Å². The highest BCUT2D eigenvalue weighted by Crippen LogP contribution is 2.24. The van der Waals surface area contributed by atoms with Crippen LogP contribution in [0.3, 0.4) is 0 Å². The maximum Gasteiger partial charge on any atom is 0.261 e. The molecule has 0 unspecified atom stereocenters. The summed E-state index contributed by atoms with van der Waals surface area (Å²) < 4.78 is 6.56. The van der Waals surface area contributed by atoms with Gasteiger partial charge in [-0.1, -0.05) is 61.2 Å². The van der Waals surface area contributed by atoms with Crippen LogP contribution in [-0.2, 0) is 0 Å². The summed E-state index contributed by atoms with van der Waals surface area (Å²) in [5.74, 6) is 0.273. The predicted molar refractivity (Wildman–Crippen MR) is 139 cm³/mol. The molecule has 0 aliphatic heterocycles. The molecule has 0 atom stereocenters. The SMILES string of the molecule is CC(C)COc1ccc(Br)cc1C(=O)NC(=S)Nc1ccccc1C(=O)NC1CCCCC1. The number of carbonyl (C=O) groups is 2. The van der Waals surface area contributed by atoms with E-state index in [0.29, 0.717) is 35.1 Å². The molecule has 0 saturated heterocycles. The van der Waals surface area contributed by atoms with E-state index in [1.54, 1.807) is 24.3 Å². The van der Waals surface area contributed by atoms with Gasteiger partial charge in [0.2, 0.25) is 0 Å². The third-order valence-corrected chi connectivity index (χ3v) is 6.04. The van der Waals surface area contributed by atoms with Crippen molar-refractivity contribution in [3.05, 3.63) is 58.1 Å². The normalized spacial score (nSPS) is 13.9. The lowest BCUT2D eigenvalue weighted by molar-refractivity contribution is 0.0927. The van der Waals surface area contributed by atoms with E-state index >= 15 is 0 Å². The molecule has 3 N–H and O–H groups in total. The Morgan fingerprint density at radius 2 is 1.79 bits per heavy atom. The second kappa shape index (κ2) is 12.1. The zero-order valence-electron chi connectivity index (χ0n) is 18.9. The van der Waals surface area contributed by atoms with Gasteiger partial charge >= 0.3 is 0 Å². The largest absolute Gasteiger partial charge is 0.492 e. The fraction of sp³-hybridized carbons (Fsp3) is 0.400. The number of thiocarbonyl (C=S) groups is 1. The van der Waals surface area contributed by atoms with Gasteiger partial charge in [0.1, 0.15) is 5.75 Å². The third-order valence-electron chi connectivity index (χ3n) is 5.35. The van der Waals surface area contributed by atoms with Gasteiger partial charge in [-0.3, -0.25) is 14.9 Å². The van der Waals surface area contributed by atoms with Crippen LogP contribution < -0.4 is 20.7 Å². The van der Waals surface area contributed by atoms with Crippen molar-refractivity contribution in [3.63, 3.8) is 0 Å². The average Bonchev–Trinajstić information content (AvgIpc) is 2.79. The fourth-order valence-corrected chi connectivity index (χ4v) is 4.25. The Bertz CT molecular complexity index is 1010. The molecular formula is C25H30BrN3O3S. The lowest BCUT2D eigenvalue weighted by Gasteiger charge is -2.23. The minimum atomic E-state index is -0.392. The fourth-order valence-electron chi connectivity index (χ4n) is 3.69. The van der Waals surface area contributed by atoms with Crippen LogP contribution in [0.2, 0.25) is 0 Å². The Morgan fingerprint density at radius 1 is 1.06 bits per heavy atom. The summed E-state index contributed by atoms with van der Waals surface area (Å²) >= 11 is 8.78. The minimum Gasteiger partial charge on any atom is -0.492 e. The molecule has 0 aromatic heterocycles. The number of halogens is 1. The number of nitrogens with one attached hydrogen (secondary N) is 3. The van der Waals surface area contributed by atoms with Crippen LogP contribution in [0, 0.1) is 5.92 Å². The van der Waals surface area contributed by atoms with Crippen molar-refractivity contribution >= 4 is 50.8 Å². The smallest absolute Gasteiger partial charge is 0.261 e. The molecule has 33 heavy (non-hydrogen) atoms. The number of anilines is 1. The summed E-state index contributed by atoms with van der Waals surface area (Å²) in [6.45, 7) is 4.58. The molecule has 1 saturated carbocycles. The first kappa shape index (κ1) is 25.2. The number of para-hydroxylation sites is 1. The summed E-state index contributed by atoms with van der Waals surface area (Å²) in [6.07, 6.45) is 5.51. The quantitative estimate of drug-likeness (QED) is 0.401. The van der Waals surface area contributed by atoms with Gasteiger partial charge in [0.15, 0.2) is 5.11 Å². The molecule has 8 heteroatoms. The predicted octanol–water partition coefficient (Wildman–Crippen LogP) is 5.67. The number of amides is 2. The lowest BCUT2D eigenvalue weighted by Crippen LogP contribution is -2.38. The van der Waals surface area contributed by atoms with Crippen molar-refractivity contribution in [2.75, 3.05) is 11.9 Å². The number of benzene rings is 2. The molecule has 3 rings (SSSR count). The number of hydrogen-bond donors (Lipinski definition) is 3. The molecule has 1 aliphatic rings. The number of rotatable bonds is 7. The molecule has 1 fully saturated rings. The second-order valence-corrected chi connectivity index (χ2v) is 9.93. The van der Waals surface area contributed by atoms with Gasteiger partial charge in [0.25, 0.3) is 11.8 Å². The zero-order chi connectivity index (χ0) is 23.8. The monoisotopic (exact) mass is 531 g/mol. The Balaban J connectivity index is 1.67. The van der Waals surface area contributed by atoms with Crippen LogP contribution >= 0.6 is 28.1 Å². The average molecular weight is 533 g/mol. The van der Waals surface area contributed by atoms with Crippen molar-refractivity contribution in [2.45, 2.75) is 52.0 Å². The van der Waals surface area contributed by atoms with E-state index in [0.717, 1.165) is 30.2 Å². The summed E-state index contributed by atoms with van der Waals surface area (Å²) in [4.78, 5) is 25.8. The van der Waals surface area contributed by atoms with Gasteiger partial charge in [-0.2, -0.15) is 0 Å². The third kappa shape index (κ3) is 7.54. The highest BCUT2D eigenvalue weighted by Gasteiger charge is 2.20. The van der Waals surface area contributed by atoms with Gasteiger partial charge in [-0.25, -0.2) is 0 Å². The first-order valence-corrected chi connectivity index (χ1v) is 12.5. The molecule has 6 nitrogen and oxygen atoms in total. The molecule has 0 bridgehead atoms. The van der Waals surface area contributed by atoms with Gasteiger partial charge in [0, 0.05) is 10.5 Å². The van der Waals surface area contributed by atoms with Crippen LogP contribution in [0.25, 0.3) is 0 Å². The summed E-state index contributed by atoms with van der Waals surface area (Å²) in [5, 5.41) is 8.92. The highest BCUT2D eigenvalue weighted by molar-refractivity contribution is 9.10. The molecule has 0 heterocycles. The molecule has 2 aromatic carbocycles. The van der Waals surface area contributed by atoms with E-state index in [1.165, 1.54) is 6.42 Å². The molecular weight excluding hydrogens is 502 g/mol. The first-order chi connectivity index (χ1) is 15.8. The summed E-state index contributed by atoms with van der Waals surface area (Å²) in [5.41, 5.74) is 1.40. The van der Waals surface area contributed by atoms with Crippen molar-refractivity contribution in [1.29, 1.82) is 0 Å². The van der Waals surface area contributed by atoms with Gasteiger partial charge in [-0.15, -0.1) is 0 Å². The second-order valence-electron chi connectivity index (χ2n) is 8.61. The van der Waals surface area contributed by atoms with Crippen LogP contribution in [0.1, 0.15) is 66.7 Å². The Hall–Kier alpha value is -2.45. The minimum absolute atomic E-state index is 0.104. The topological polar surface area (TPSA) is 79.5 Å². The number of hydrogen-bond acceptors (Lipinski definition) is 4. The van der Waals surface area contributed by atoms with Gasteiger partial charge in [-0.05, 0) is 61.3 Å². The van der Waals surface area contributed by atoms with E-state index < -0.39 is 5.91 Å². The van der Waals surface area contributed by atoms with Crippen LogP contribution in [0.5, 0.6) is 5.75 Å². The lowest BCUT2D eigenvalue weighted by atomic mass is 9.95. The number of ether oxygens (including phenoxy) is 1. The van der Waals surface area contributed by atoms with Gasteiger partial charge in [0.05, 0.1) is 23.4 Å². The molecule has 1 aliphatic carbocycles. The zero-order valence-corrected chi connectivity index (χ0v) is 21.4. The Labute approximate surface area is 209 Å². The van der Waals surface area contributed by atoms with Crippen molar-refractivity contribution in [3.8, 4) is 5.75 Å². The molecule has 2 aromatic rings. The molecule has 0 spiro atoms. The molecule has 2 amide bonds. The summed E-state index contributed by atoms with van der Waals surface area (Å²) in [7, 11) is 0. The van der Waals surface area contributed by atoms with Crippen molar-refractivity contribution in [1.82, 2.24) is 10.6 Å². The highest BCUT2D eigenvalue weighted by atomic mass is 79.9. The maximum atomic E-state index is 12.9. The molecule has 176 valence electrons. The Morgan fingerprint density at radius 3 is 2.52 bits per heavy atom. The van der Waals surface area contributed by atoms with E-state index in [2.05, 4.69) is 31.9 Å². The van der Waals surface area contributed by atoms with E-state index in [4.69, 9.17) is 17.0 Å². The Kier molecular flexibility index (Phi) is 9.26. The summed E-state index contributed by atoms with van der Waals surface area (Å²) in [6, 6.07) is 12.6. The van der Waals surface area contributed by atoms with Crippen LogP contribution in [0.15, 0.2) is 46.9 Å². The standard InChI is InChI=1S/C25H30BrN3O3S/c1-16(2)15-32-22-13-12-17(26)14-20(22)24(31)29-25(33)28-21-11-7-6-10-19(21)23(30)27-18-8-4-3-5-9-18/h6-7,10-14,16,18H,3-5,8-9,15H2,1-2H3,(H,27,30)(H2,28,29,31,33). The van der Waals surface area contributed by atoms with Crippen molar-refractivity contribution in [2.24, 2.45) is 5.92 Å². The van der Waals surface area contributed by atoms with Crippen LogP contribution in [0.4, 0.5) is 5.69 Å². The number of carbonyl (C=O) groups excluding carboxylic acids is 2. The maximum absolute atomic E-state index is 12.9. The van der Waals surface area contributed by atoms with E-state index in [9.17, 15) is 9.59 Å². The first-order valence-electron chi connectivity index (χ1n) is 11.3. The van der Waals surface area contributed by atoms with Gasteiger partial charge < -0.3 is 15.4 Å². The van der Waals surface area contributed by atoms with E-state index in [1.807, 2.05) is 32.0 Å².